The van der Waals surface area contributed by atoms with Gasteiger partial charge in [-0.2, -0.15) is 23.3 Å². The molecular weight excluding hydrogens is 427 g/mol. The van der Waals surface area contributed by atoms with Crippen LogP contribution in [0, 0.1) is 0 Å². The SMILES string of the molecule is C[C@H]1C(=O)N2CCCc3nc(N[C@H]4CO[C@H](Cn5ccc(C(F)(F)F)n5)C4)nc(c32)N1C. The molecule has 0 saturated carbocycles. The van der Waals surface area contributed by atoms with Gasteiger partial charge >= 0.3 is 6.18 Å². The van der Waals surface area contributed by atoms with Crippen molar-refractivity contribution in [1.82, 2.24) is 19.7 Å². The number of hydrogen-bond donors (Lipinski definition) is 1. The molecule has 2 aromatic heterocycles. The molecular formula is C20H24F3N7O2. The molecule has 5 rings (SSSR count). The van der Waals surface area contributed by atoms with E-state index in [0.29, 0.717) is 25.5 Å². The fourth-order valence-corrected chi connectivity index (χ4v) is 4.50. The molecule has 3 aliphatic heterocycles. The summed E-state index contributed by atoms with van der Waals surface area (Å²) in [6, 6.07) is 0.588. The van der Waals surface area contributed by atoms with Crippen LogP contribution >= 0.6 is 0 Å². The van der Waals surface area contributed by atoms with Crippen LogP contribution in [-0.4, -0.2) is 64.0 Å². The van der Waals surface area contributed by atoms with E-state index in [4.69, 9.17) is 4.74 Å². The molecule has 32 heavy (non-hydrogen) atoms. The summed E-state index contributed by atoms with van der Waals surface area (Å²) in [5, 5.41) is 6.90. The van der Waals surface area contributed by atoms with Gasteiger partial charge in [-0.15, -0.1) is 0 Å². The van der Waals surface area contributed by atoms with Gasteiger partial charge in [0.2, 0.25) is 11.9 Å². The van der Waals surface area contributed by atoms with Crippen molar-refractivity contribution in [3.63, 3.8) is 0 Å². The standard InChI is InChI=1S/C20H24F3N7O2/c1-11-18(31)30-6-3-4-14-16(30)17(28(11)2)26-19(25-14)24-12-8-13(32-10-12)9-29-7-5-15(27-29)20(21,22)23/h5,7,11-13H,3-4,6,8-10H2,1-2H3,(H,24,25,26)/t11-,12+,13-/m0/s1. The van der Waals surface area contributed by atoms with Crippen molar-refractivity contribution in [1.29, 1.82) is 0 Å². The molecule has 1 amide bonds. The van der Waals surface area contributed by atoms with E-state index in [9.17, 15) is 18.0 Å². The Morgan fingerprint density at radius 1 is 1.31 bits per heavy atom. The molecule has 3 aliphatic rings. The lowest BCUT2D eigenvalue weighted by Crippen LogP contribution is -2.53. The summed E-state index contributed by atoms with van der Waals surface area (Å²) in [5.41, 5.74) is 0.738. The van der Waals surface area contributed by atoms with Crippen molar-refractivity contribution in [2.45, 2.75) is 57.1 Å². The topological polar surface area (TPSA) is 88.4 Å². The third-order valence-corrected chi connectivity index (χ3v) is 6.28. The number of nitrogens with one attached hydrogen (secondary N) is 1. The van der Waals surface area contributed by atoms with E-state index in [-0.39, 0.29) is 30.6 Å². The maximum absolute atomic E-state index is 12.7. The van der Waals surface area contributed by atoms with E-state index in [0.717, 1.165) is 36.1 Å². The Hall–Kier alpha value is -2.89. The number of anilines is 3. The Bertz CT molecular complexity index is 1040. The first-order valence-electron chi connectivity index (χ1n) is 10.6. The Balaban J connectivity index is 1.29. The monoisotopic (exact) mass is 451 g/mol. The largest absolute Gasteiger partial charge is 0.435 e. The van der Waals surface area contributed by atoms with Crippen LogP contribution in [0.2, 0.25) is 0 Å². The van der Waals surface area contributed by atoms with Gasteiger partial charge in [-0.25, -0.2) is 4.98 Å². The molecule has 2 aromatic rings. The van der Waals surface area contributed by atoms with Crippen molar-refractivity contribution >= 4 is 23.4 Å². The highest BCUT2D eigenvalue weighted by molar-refractivity contribution is 6.05. The van der Waals surface area contributed by atoms with Crippen LogP contribution in [0.4, 0.5) is 30.6 Å². The lowest BCUT2D eigenvalue weighted by Gasteiger charge is -2.41. The number of likely N-dealkylation sites (N-methyl/N-ethyl adjacent to an activating group) is 1. The van der Waals surface area contributed by atoms with Crippen molar-refractivity contribution in [3.05, 3.63) is 23.7 Å². The number of carbonyl (C=O) groups is 1. The van der Waals surface area contributed by atoms with Gasteiger partial charge < -0.3 is 19.9 Å². The van der Waals surface area contributed by atoms with E-state index >= 15 is 0 Å². The molecule has 1 fully saturated rings. The number of aromatic nitrogens is 4. The van der Waals surface area contributed by atoms with Crippen LogP contribution in [0.25, 0.3) is 0 Å². The third kappa shape index (κ3) is 3.65. The Morgan fingerprint density at radius 3 is 2.88 bits per heavy atom. The summed E-state index contributed by atoms with van der Waals surface area (Å²) in [5.74, 6) is 1.27. The first-order chi connectivity index (χ1) is 15.2. The minimum atomic E-state index is -4.46. The molecule has 12 heteroatoms. The molecule has 1 N–H and O–H groups in total. The quantitative estimate of drug-likeness (QED) is 0.762. The first-order valence-corrected chi connectivity index (χ1v) is 10.6. The normalized spacial score (nSPS) is 25.3. The van der Waals surface area contributed by atoms with E-state index in [2.05, 4.69) is 20.4 Å². The fraction of sp³-hybridized carbons (Fsp3) is 0.600. The van der Waals surface area contributed by atoms with Crippen molar-refractivity contribution in [2.75, 3.05) is 35.3 Å². The number of carbonyl (C=O) groups excluding carboxylic acids is 1. The van der Waals surface area contributed by atoms with Gasteiger partial charge in [0.05, 0.1) is 31.0 Å². The minimum absolute atomic E-state index is 0.0598. The van der Waals surface area contributed by atoms with Gasteiger partial charge in [-0.05, 0) is 32.3 Å². The molecule has 0 unspecified atom stereocenters. The summed E-state index contributed by atoms with van der Waals surface area (Å²) < 4.78 is 45.3. The van der Waals surface area contributed by atoms with Gasteiger partial charge in [0.1, 0.15) is 11.7 Å². The summed E-state index contributed by atoms with van der Waals surface area (Å²) in [4.78, 5) is 25.7. The molecule has 3 atom stereocenters. The second-order valence-corrected chi connectivity index (χ2v) is 8.50. The predicted molar refractivity (Wildman–Crippen MR) is 110 cm³/mol. The smallest absolute Gasteiger partial charge is 0.374 e. The highest BCUT2D eigenvalue weighted by Crippen LogP contribution is 2.39. The van der Waals surface area contributed by atoms with Gasteiger partial charge in [0, 0.05) is 19.8 Å². The summed E-state index contributed by atoms with van der Waals surface area (Å²) in [7, 11) is 1.86. The molecule has 1 saturated heterocycles. The second-order valence-electron chi connectivity index (χ2n) is 8.50. The van der Waals surface area contributed by atoms with Crippen LogP contribution in [0.1, 0.15) is 31.2 Å². The Kier molecular flexibility index (Phi) is 4.99. The molecule has 0 aromatic carbocycles. The number of ether oxygens (including phenoxy) is 1. The van der Waals surface area contributed by atoms with Crippen LogP contribution in [0.5, 0.6) is 0 Å². The van der Waals surface area contributed by atoms with E-state index in [1.165, 1.54) is 10.9 Å². The van der Waals surface area contributed by atoms with Gasteiger partial charge in [-0.3, -0.25) is 9.48 Å². The lowest BCUT2D eigenvalue weighted by atomic mass is 10.0. The van der Waals surface area contributed by atoms with E-state index in [1.807, 2.05) is 18.9 Å². The fourth-order valence-electron chi connectivity index (χ4n) is 4.50. The average Bonchev–Trinajstić information content (AvgIpc) is 3.40. The maximum atomic E-state index is 12.7. The number of amides is 1. The number of nitrogens with zero attached hydrogens (tertiary/aromatic N) is 6. The molecule has 0 aliphatic carbocycles. The molecule has 0 spiro atoms. The highest BCUT2D eigenvalue weighted by Gasteiger charge is 2.39. The zero-order valence-electron chi connectivity index (χ0n) is 17.8. The second kappa shape index (κ2) is 7.61. The molecule has 0 bridgehead atoms. The summed E-state index contributed by atoms with van der Waals surface area (Å²) in [6.45, 7) is 3.17. The van der Waals surface area contributed by atoms with Gasteiger partial charge in [0.15, 0.2) is 11.5 Å². The zero-order chi connectivity index (χ0) is 22.6. The van der Waals surface area contributed by atoms with Crippen LogP contribution in [0.15, 0.2) is 12.3 Å². The average molecular weight is 451 g/mol. The zero-order valence-corrected chi connectivity index (χ0v) is 17.8. The van der Waals surface area contributed by atoms with Crippen LogP contribution < -0.4 is 15.1 Å². The Labute approximate surface area is 182 Å². The summed E-state index contributed by atoms with van der Waals surface area (Å²) in [6.07, 6.45) is -1.19. The maximum Gasteiger partial charge on any atom is 0.435 e. The molecule has 172 valence electrons. The molecule has 9 nitrogen and oxygen atoms in total. The number of hydrogen-bond acceptors (Lipinski definition) is 7. The number of alkyl halides is 3. The minimum Gasteiger partial charge on any atom is -0.374 e. The Morgan fingerprint density at radius 2 is 2.12 bits per heavy atom. The van der Waals surface area contributed by atoms with E-state index < -0.39 is 11.9 Å². The van der Waals surface area contributed by atoms with Crippen molar-refractivity contribution in [2.24, 2.45) is 0 Å². The van der Waals surface area contributed by atoms with Gasteiger partial charge in [-0.1, -0.05) is 0 Å². The molecule has 0 radical (unpaired) electrons. The number of aryl methyl sites for hydroxylation is 1. The highest BCUT2D eigenvalue weighted by atomic mass is 19.4. The van der Waals surface area contributed by atoms with Gasteiger partial charge in [0.25, 0.3) is 0 Å². The lowest BCUT2D eigenvalue weighted by molar-refractivity contribution is -0.141. The predicted octanol–water partition coefficient (Wildman–Crippen LogP) is 2.08. The van der Waals surface area contributed by atoms with Crippen molar-refractivity contribution < 1.29 is 22.7 Å². The van der Waals surface area contributed by atoms with Crippen molar-refractivity contribution in [3.8, 4) is 0 Å². The summed E-state index contributed by atoms with van der Waals surface area (Å²) >= 11 is 0. The number of halogens is 3. The number of rotatable bonds is 4. The third-order valence-electron chi connectivity index (χ3n) is 6.28. The van der Waals surface area contributed by atoms with Crippen LogP contribution in [0.3, 0.4) is 0 Å². The van der Waals surface area contributed by atoms with Crippen LogP contribution in [-0.2, 0) is 28.7 Å². The first kappa shape index (κ1) is 21.0. The van der Waals surface area contributed by atoms with E-state index in [1.54, 1.807) is 4.90 Å². The molecule has 5 heterocycles.